The van der Waals surface area contributed by atoms with Crippen LogP contribution in [0.2, 0.25) is 0 Å². The molecule has 0 bridgehead atoms. The number of carbonyl (C=O) groups is 1. The molecule has 1 fully saturated rings. The minimum Gasteiger partial charge on any atom is -0.337 e. The highest BCUT2D eigenvalue weighted by molar-refractivity contribution is 5.93. The summed E-state index contributed by atoms with van der Waals surface area (Å²) in [6.45, 7) is 6.43. The second-order valence-corrected chi connectivity index (χ2v) is 5.56. The van der Waals surface area contributed by atoms with E-state index in [0.29, 0.717) is 29.6 Å². The Morgan fingerprint density at radius 1 is 1.43 bits per heavy atom. The van der Waals surface area contributed by atoms with E-state index in [-0.39, 0.29) is 17.9 Å². The topological polar surface area (TPSA) is 101 Å². The first-order chi connectivity index (χ1) is 10.1. The van der Waals surface area contributed by atoms with Gasteiger partial charge in [0.05, 0.1) is 5.69 Å². The maximum absolute atomic E-state index is 12.6. The molecule has 112 valence electrons. The van der Waals surface area contributed by atoms with Crippen LogP contribution in [0.4, 0.5) is 0 Å². The minimum absolute atomic E-state index is 0.145. The van der Waals surface area contributed by atoms with Crippen molar-refractivity contribution in [1.29, 1.82) is 0 Å². The van der Waals surface area contributed by atoms with Crippen LogP contribution < -0.4 is 0 Å². The number of H-pyrrole nitrogens is 1. The molecule has 2 aromatic rings. The summed E-state index contributed by atoms with van der Waals surface area (Å²) in [6, 6.07) is -0.173. The van der Waals surface area contributed by atoms with Gasteiger partial charge in [0.1, 0.15) is 6.04 Å². The zero-order chi connectivity index (χ0) is 15.0. The molecular formula is C13H18N6O2. The number of amides is 1. The molecule has 1 aliphatic heterocycles. The lowest BCUT2D eigenvalue weighted by Gasteiger charge is -2.20. The SMILES string of the molecule is Cc1n[nH]nc1C(=O)N1CCC[C@H]1c1nc(C(C)C)no1. The summed E-state index contributed by atoms with van der Waals surface area (Å²) >= 11 is 0. The molecule has 0 aromatic carbocycles. The van der Waals surface area contributed by atoms with Gasteiger partial charge in [0, 0.05) is 12.5 Å². The van der Waals surface area contributed by atoms with Crippen LogP contribution in [0.5, 0.6) is 0 Å². The smallest absolute Gasteiger partial charge is 0.276 e. The van der Waals surface area contributed by atoms with Gasteiger partial charge in [-0.25, -0.2) is 0 Å². The number of hydrogen-bond acceptors (Lipinski definition) is 6. The number of aromatic nitrogens is 5. The minimum atomic E-state index is -0.173. The Morgan fingerprint density at radius 2 is 2.24 bits per heavy atom. The molecule has 8 nitrogen and oxygen atoms in total. The van der Waals surface area contributed by atoms with Crippen LogP contribution in [0.15, 0.2) is 4.52 Å². The van der Waals surface area contributed by atoms with E-state index in [1.165, 1.54) is 0 Å². The van der Waals surface area contributed by atoms with Gasteiger partial charge in [-0.05, 0) is 19.8 Å². The van der Waals surface area contributed by atoms with E-state index in [9.17, 15) is 4.79 Å². The molecule has 3 heterocycles. The normalized spacial score (nSPS) is 18.7. The van der Waals surface area contributed by atoms with Gasteiger partial charge < -0.3 is 9.42 Å². The Labute approximate surface area is 121 Å². The standard InChI is InChI=1S/C13H18N6O2/c1-7(2)11-14-12(21-17-11)9-5-4-6-19(9)13(20)10-8(3)15-18-16-10/h7,9H,4-6H2,1-3H3,(H,15,16,18)/t9-/m0/s1. The molecule has 1 saturated heterocycles. The average molecular weight is 290 g/mol. The highest BCUT2D eigenvalue weighted by atomic mass is 16.5. The lowest BCUT2D eigenvalue weighted by molar-refractivity contribution is 0.0703. The van der Waals surface area contributed by atoms with Gasteiger partial charge in [0.15, 0.2) is 11.5 Å². The molecule has 0 radical (unpaired) electrons. The molecule has 1 N–H and O–H groups in total. The summed E-state index contributed by atoms with van der Waals surface area (Å²) in [5.74, 6) is 1.23. The molecule has 1 atom stereocenters. The van der Waals surface area contributed by atoms with Crippen molar-refractivity contribution in [3.63, 3.8) is 0 Å². The van der Waals surface area contributed by atoms with E-state index >= 15 is 0 Å². The van der Waals surface area contributed by atoms with Crippen LogP contribution in [-0.2, 0) is 0 Å². The number of carbonyl (C=O) groups excluding carboxylic acids is 1. The summed E-state index contributed by atoms with van der Waals surface area (Å²) in [5, 5.41) is 14.3. The van der Waals surface area contributed by atoms with E-state index in [0.717, 1.165) is 12.8 Å². The van der Waals surface area contributed by atoms with Crippen molar-refractivity contribution in [2.45, 2.75) is 45.6 Å². The number of aromatic amines is 1. The average Bonchev–Trinajstić information content (AvgIpc) is 3.17. The van der Waals surface area contributed by atoms with Crippen LogP contribution in [0.3, 0.4) is 0 Å². The van der Waals surface area contributed by atoms with E-state index < -0.39 is 0 Å². The van der Waals surface area contributed by atoms with Crippen LogP contribution in [0, 0.1) is 6.92 Å². The number of nitrogens with zero attached hydrogens (tertiary/aromatic N) is 5. The molecule has 2 aromatic heterocycles. The van der Waals surface area contributed by atoms with E-state index in [1.54, 1.807) is 11.8 Å². The van der Waals surface area contributed by atoms with Crippen molar-refractivity contribution in [2.24, 2.45) is 0 Å². The number of nitrogens with one attached hydrogen (secondary N) is 1. The van der Waals surface area contributed by atoms with Crippen molar-refractivity contribution >= 4 is 5.91 Å². The Balaban J connectivity index is 1.85. The molecule has 0 spiro atoms. The van der Waals surface area contributed by atoms with Crippen LogP contribution in [0.25, 0.3) is 0 Å². The number of hydrogen-bond donors (Lipinski definition) is 1. The van der Waals surface area contributed by atoms with E-state index in [2.05, 4.69) is 25.6 Å². The first-order valence-corrected chi connectivity index (χ1v) is 7.09. The summed E-state index contributed by atoms with van der Waals surface area (Å²) in [5.41, 5.74) is 0.949. The van der Waals surface area contributed by atoms with E-state index in [1.807, 2.05) is 13.8 Å². The second-order valence-electron chi connectivity index (χ2n) is 5.56. The Bertz CT molecular complexity index is 647. The van der Waals surface area contributed by atoms with Crippen molar-refractivity contribution in [2.75, 3.05) is 6.54 Å². The quantitative estimate of drug-likeness (QED) is 0.921. The lowest BCUT2D eigenvalue weighted by Crippen LogP contribution is -2.31. The Kier molecular flexibility index (Phi) is 3.44. The maximum atomic E-state index is 12.6. The fourth-order valence-electron chi connectivity index (χ4n) is 2.51. The van der Waals surface area contributed by atoms with Gasteiger partial charge in [-0.1, -0.05) is 19.0 Å². The lowest BCUT2D eigenvalue weighted by atomic mass is 10.2. The molecule has 3 rings (SSSR count). The number of rotatable bonds is 3. The summed E-state index contributed by atoms with van der Waals surface area (Å²) in [4.78, 5) is 18.7. The van der Waals surface area contributed by atoms with Gasteiger partial charge >= 0.3 is 0 Å². The predicted octanol–water partition coefficient (Wildman–Crippen LogP) is 1.60. The van der Waals surface area contributed by atoms with Gasteiger partial charge in [0.2, 0.25) is 5.89 Å². The zero-order valence-corrected chi connectivity index (χ0v) is 12.3. The van der Waals surface area contributed by atoms with Crippen molar-refractivity contribution < 1.29 is 9.32 Å². The maximum Gasteiger partial charge on any atom is 0.276 e. The van der Waals surface area contributed by atoms with Crippen LogP contribution >= 0.6 is 0 Å². The third-order valence-electron chi connectivity index (χ3n) is 3.70. The van der Waals surface area contributed by atoms with E-state index in [4.69, 9.17) is 4.52 Å². The fourth-order valence-corrected chi connectivity index (χ4v) is 2.51. The molecule has 21 heavy (non-hydrogen) atoms. The number of aryl methyl sites for hydroxylation is 1. The summed E-state index contributed by atoms with van der Waals surface area (Å²) < 4.78 is 5.34. The van der Waals surface area contributed by atoms with Crippen molar-refractivity contribution in [1.82, 2.24) is 30.5 Å². The molecular weight excluding hydrogens is 272 g/mol. The van der Waals surface area contributed by atoms with Crippen molar-refractivity contribution in [3.05, 3.63) is 23.1 Å². The molecule has 0 aliphatic carbocycles. The molecule has 1 amide bonds. The van der Waals surface area contributed by atoms with Gasteiger partial charge in [-0.15, -0.1) is 0 Å². The molecule has 1 aliphatic rings. The third-order valence-corrected chi connectivity index (χ3v) is 3.70. The first kappa shape index (κ1) is 13.7. The van der Waals surface area contributed by atoms with Gasteiger partial charge in [-0.2, -0.15) is 20.4 Å². The fraction of sp³-hybridized carbons (Fsp3) is 0.615. The molecule has 0 saturated carbocycles. The highest BCUT2D eigenvalue weighted by Gasteiger charge is 2.36. The predicted molar refractivity (Wildman–Crippen MR) is 72.5 cm³/mol. The monoisotopic (exact) mass is 290 g/mol. The van der Waals surface area contributed by atoms with Crippen LogP contribution in [-0.4, -0.2) is 42.9 Å². The Morgan fingerprint density at radius 3 is 2.86 bits per heavy atom. The van der Waals surface area contributed by atoms with Crippen molar-refractivity contribution in [3.8, 4) is 0 Å². The Hall–Kier alpha value is -2.25. The second kappa shape index (κ2) is 5.27. The first-order valence-electron chi connectivity index (χ1n) is 7.09. The van der Waals surface area contributed by atoms with Crippen LogP contribution in [0.1, 0.15) is 66.5 Å². The summed E-state index contributed by atoms with van der Waals surface area (Å²) in [6.07, 6.45) is 1.73. The molecule has 0 unspecified atom stereocenters. The van der Waals surface area contributed by atoms with Gasteiger partial charge in [0.25, 0.3) is 5.91 Å². The number of likely N-dealkylation sites (tertiary alicyclic amines) is 1. The zero-order valence-electron chi connectivity index (χ0n) is 12.3. The third kappa shape index (κ3) is 2.41. The molecule has 8 heteroatoms. The van der Waals surface area contributed by atoms with Gasteiger partial charge in [-0.3, -0.25) is 4.79 Å². The largest absolute Gasteiger partial charge is 0.337 e. The highest BCUT2D eigenvalue weighted by Crippen LogP contribution is 2.32. The summed E-state index contributed by atoms with van der Waals surface area (Å²) in [7, 11) is 0.